The zero-order valence-electron chi connectivity index (χ0n) is 13.3. The molecule has 0 spiro atoms. The zero-order chi connectivity index (χ0) is 17.5. The van der Waals surface area contributed by atoms with Crippen LogP contribution < -0.4 is 10.1 Å². The van der Waals surface area contributed by atoms with Gasteiger partial charge in [-0.15, -0.1) is 0 Å². The van der Waals surface area contributed by atoms with Crippen molar-refractivity contribution in [2.75, 3.05) is 6.54 Å². The molecule has 2 unspecified atom stereocenters. The molecule has 0 aliphatic heterocycles. The molecule has 6 heteroatoms. The van der Waals surface area contributed by atoms with Crippen LogP contribution in [0.3, 0.4) is 0 Å². The summed E-state index contributed by atoms with van der Waals surface area (Å²) in [5.41, 5.74) is 1.32. The number of aromatic hydroxyl groups is 1. The van der Waals surface area contributed by atoms with Crippen molar-refractivity contribution in [3.63, 3.8) is 0 Å². The van der Waals surface area contributed by atoms with Crippen molar-refractivity contribution in [3.8, 4) is 11.5 Å². The molecule has 0 saturated heterocycles. The summed E-state index contributed by atoms with van der Waals surface area (Å²) in [7, 11) is 0. The number of phenols is 1. The topological polar surface area (TPSA) is 99.0 Å². The van der Waals surface area contributed by atoms with Crippen LogP contribution in [0.5, 0.6) is 11.5 Å². The summed E-state index contributed by atoms with van der Waals surface area (Å²) in [6, 6.07) is 13.8. The Labute approximate surface area is 140 Å². The van der Waals surface area contributed by atoms with Gasteiger partial charge in [-0.1, -0.05) is 36.4 Å². The summed E-state index contributed by atoms with van der Waals surface area (Å²) < 4.78 is 5.58. The van der Waals surface area contributed by atoms with Gasteiger partial charge in [-0.2, -0.15) is 0 Å². The highest BCUT2D eigenvalue weighted by atomic mass is 16.5. The van der Waals surface area contributed by atoms with E-state index in [1.165, 1.54) is 25.1 Å². The van der Waals surface area contributed by atoms with E-state index in [1.54, 1.807) is 0 Å². The first-order valence-corrected chi connectivity index (χ1v) is 7.57. The first-order chi connectivity index (χ1) is 11.5. The van der Waals surface area contributed by atoms with E-state index < -0.39 is 12.2 Å². The lowest BCUT2D eigenvalue weighted by Gasteiger charge is -2.19. The normalized spacial score (nSPS) is 13.1. The van der Waals surface area contributed by atoms with E-state index in [4.69, 9.17) is 4.74 Å². The lowest BCUT2D eigenvalue weighted by Crippen LogP contribution is -2.34. The van der Waals surface area contributed by atoms with Crippen LogP contribution >= 0.6 is 0 Å². The van der Waals surface area contributed by atoms with Crippen molar-refractivity contribution < 1.29 is 24.9 Å². The Kier molecular flexibility index (Phi) is 6.17. The van der Waals surface area contributed by atoms with Crippen LogP contribution in [0.4, 0.5) is 0 Å². The molecule has 4 N–H and O–H groups in total. The predicted octanol–water partition coefficient (Wildman–Crippen LogP) is 1.50. The van der Waals surface area contributed by atoms with Crippen molar-refractivity contribution in [1.82, 2.24) is 5.32 Å². The third-order valence-electron chi connectivity index (χ3n) is 3.49. The van der Waals surface area contributed by atoms with Crippen LogP contribution in [-0.2, 0) is 11.4 Å². The molecular weight excluding hydrogens is 310 g/mol. The summed E-state index contributed by atoms with van der Waals surface area (Å²) in [6.45, 7) is 1.52. The van der Waals surface area contributed by atoms with E-state index in [2.05, 4.69) is 5.32 Å². The summed E-state index contributed by atoms with van der Waals surface area (Å²) in [6.07, 6.45) is -2.38. The lowest BCUT2D eigenvalue weighted by molar-refractivity contribution is -0.119. The first kappa shape index (κ1) is 17.8. The average molecular weight is 331 g/mol. The smallest absolute Gasteiger partial charge is 0.216 e. The van der Waals surface area contributed by atoms with E-state index in [0.717, 1.165) is 5.56 Å². The third-order valence-corrected chi connectivity index (χ3v) is 3.49. The Morgan fingerprint density at radius 2 is 1.88 bits per heavy atom. The molecule has 1 amide bonds. The summed E-state index contributed by atoms with van der Waals surface area (Å²) in [5.74, 6) is -0.140. The van der Waals surface area contributed by atoms with Crippen LogP contribution in [0.25, 0.3) is 0 Å². The van der Waals surface area contributed by atoms with Crippen molar-refractivity contribution in [2.24, 2.45) is 0 Å². The highest BCUT2D eigenvalue weighted by Gasteiger charge is 2.20. The van der Waals surface area contributed by atoms with Gasteiger partial charge in [-0.05, 0) is 23.3 Å². The van der Waals surface area contributed by atoms with Gasteiger partial charge >= 0.3 is 0 Å². The molecule has 0 aromatic heterocycles. The maximum atomic E-state index is 10.9. The molecule has 2 aromatic rings. The highest BCUT2D eigenvalue weighted by molar-refractivity contribution is 5.72. The van der Waals surface area contributed by atoms with Gasteiger partial charge in [0, 0.05) is 13.5 Å². The number of hydrogen-bond donors (Lipinski definition) is 4. The van der Waals surface area contributed by atoms with Crippen LogP contribution in [0.2, 0.25) is 0 Å². The third kappa shape index (κ3) is 4.97. The van der Waals surface area contributed by atoms with E-state index in [0.29, 0.717) is 5.56 Å². The van der Waals surface area contributed by atoms with Crippen molar-refractivity contribution in [3.05, 3.63) is 59.7 Å². The van der Waals surface area contributed by atoms with Gasteiger partial charge in [0.05, 0.1) is 0 Å². The summed E-state index contributed by atoms with van der Waals surface area (Å²) in [4.78, 5) is 10.9. The number of nitrogens with one attached hydrogen (secondary N) is 1. The molecule has 0 aliphatic carbocycles. The fourth-order valence-electron chi connectivity index (χ4n) is 2.15. The second-order valence-corrected chi connectivity index (χ2v) is 5.45. The Bertz CT molecular complexity index is 674. The van der Waals surface area contributed by atoms with Crippen molar-refractivity contribution in [1.29, 1.82) is 0 Å². The summed E-state index contributed by atoms with van der Waals surface area (Å²) in [5, 5.41) is 32.4. The SMILES string of the molecule is CC(=O)NCC(O)C(O)c1ccc(O)c(OCc2ccccc2)c1. The van der Waals surface area contributed by atoms with Gasteiger partial charge in [0.25, 0.3) is 0 Å². The number of aliphatic hydroxyl groups is 2. The predicted molar refractivity (Wildman–Crippen MR) is 88.5 cm³/mol. The average Bonchev–Trinajstić information content (AvgIpc) is 2.59. The minimum Gasteiger partial charge on any atom is -0.504 e. The van der Waals surface area contributed by atoms with E-state index in [1.807, 2.05) is 30.3 Å². The number of carbonyl (C=O) groups is 1. The highest BCUT2D eigenvalue weighted by Crippen LogP contribution is 2.31. The van der Waals surface area contributed by atoms with Gasteiger partial charge < -0.3 is 25.4 Å². The molecule has 0 radical (unpaired) electrons. The maximum absolute atomic E-state index is 10.9. The van der Waals surface area contributed by atoms with Crippen LogP contribution in [-0.4, -0.2) is 33.9 Å². The second-order valence-electron chi connectivity index (χ2n) is 5.45. The second kappa shape index (κ2) is 8.33. The molecule has 0 saturated carbocycles. The molecule has 0 fully saturated rings. The molecule has 128 valence electrons. The first-order valence-electron chi connectivity index (χ1n) is 7.57. The van der Waals surface area contributed by atoms with Gasteiger partial charge in [0.1, 0.15) is 18.8 Å². The zero-order valence-corrected chi connectivity index (χ0v) is 13.3. The minimum atomic E-state index is -1.21. The largest absolute Gasteiger partial charge is 0.504 e. The molecule has 0 aliphatic rings. The standard InChI is InChI=1S/C18H21NO5/c1-12(20)19-10-16(22)18(23)14-7-8-15(21)17(9-14)24-11-13-5-3-2-4-6-13/h2-9,16,18,21-23H,10-11H2,1H3,(H,19,20). The number of phenolic OH excluding ortho intramolecular Hbond substituents is 1. The Hall–Kier alpha value is -2.57. The quantitative estimate of drug-likeness (QED) is 0.616. The number of rotatable bonds is 7. The Morgan fingerprint density at radius 3 is 2.54 bits per heavy atom. The number of benzene rings is 2. The molecule has 24 heavy (non-hydrogen) atoms. The number of ether oxygens (including phenoxy) is 1. The molecule has 2 atom stereocenters. The van der Waals surface area contributed by atoms with Gasteiger partial charge in [0.15, 0.2) is 11.5 Å². The molecule has 2 aromatic carbocycles. The summed E-state index contributed by atoms with van der Waals surface area (Å²) >= 11 is 0. The van der Waals surface area contributed by atoms with Gasteiger partial charge in [0.2, 0.25) is 5.91 Å². The number of carbonyl (C=O) groups excluding carboxylic acids is 1. The Balaban J connectivity index is 2.05. The number of aliphatic hydroxyl groups excluding tert-OH is 2. The fourth-order valence-corrected chi connectivity index (χ4v) is 2.15. The lowest BCUT2D eigenvalue weighted by atomic mass is 10.0. The monoisotopic (exact) mass is 331 g/mol. The molecule has 0 bridgehead atoms. The van der Waals surface area contributed by atoms with Gasteiger partial charge in [-0.25, -0.2) is 0 Å². The maximum Gasteiger partial charge on any atom is 0.216 e. The minimum absolute atomic E-state index is 0.0572. The molecule has 0 heterocycles. The van der Waals surface area contributed by atoms with Crippen molar-refractivity contribution in [2.45, 2.75) is 25.7 Å². The van der Waals surface area contributed by atoms with Crippen molar-refractivity contribution >= 4 is 5.91 Å². The molecule has 2 rings (SSSR count). The fraction of sp³-hybridized carbons (Fsp3) is 0.278. The number of hydrogen-bond acceptors (Lipinski definition) is 5. The molecule has 6 nitrogen and oxygen atoms in total. The Morgan fingerprint density at radius 1 is 1.17 bits per heavy atom. The van der Waals surface area contributed by atoms with Crippen LogP contribution in [0.15, 0.2) is 48.5 Å². The van der Waals surface area contributed by atoms with E-state index in [9.17, 15) is 20.1 Å². The van der Waals surface area contributed by atoms with E-state index >= 15 is 0 Å². The number of amides is 1. The molecular formula is C18H21NO5. The van der Waals surface area contributed by atoms with Crippen LogP contribution in [0, 0.1) is 0 Å². The van der Waals surface area contributed by atoms with E-state index in [-0.39, 0.29) is 30.6 Å². The van der Waals surface area contributed by atoms with Crippen LogP contribution in [0.1, 0.15) is 24.2 Å². The van der Waals surface area contributed by atoms with Gasteiger partial charge in [-0.3, -0.25) is 4.79 Å².